The Labute approximate surface area is 216 Å². The van der Waals surface area contributed by atoms with E-state index < -0.39 is 41.8 Å². The minimum absolute atomic E-state index is 0.0446. The summed E-state index contributed by atoms with van der Waals surface area (Å²) in [5, 5.41) is 18.9. The van der Waals surface area contributed by atoms with Crippen LogP contribution in [0.25, 0.3) is 0 Å². The number of nitrogens with one attached hydrogen (secondary N) is 1. The van der Waals surface area contributed by atoms with Gasteiger partial charge in [-0.3, -0.25) is 14.5 Å². The molecule has 0 radical (unpaired) electrons. The highest BCUT2D eigenvalue weighted by Gasteiger charge is 2.53. The number of pyridine rings is 1. The molecule has 12 nitrogen and oxygen atoms in total. The van der Waals surface area contributed by atoms with E-state index in [2.05, 4.69) is 24.7 Å². The number of carbonyl (C=O) groups excluding carboxylic acids is 3. The van der Waals surface area contributed by atoms with Crippen LogP contribution in [0.1, 0.15) is 5.82 Å². The van der Waals surface area contributed by atoms with Crippen LogP contribution >= 0.6 is 35.1 Å². The van der Waals surface area contributed by atoms with Crippen LogP contribution in [-0.4, -0.2) is 61.8 Å². The van der Waals surface area contributed by atoms with Crippen LogP contribution in [0.5, 0.6) is 0 Å². The molecule has 0 bridgehead atoms. The molecule has 4 heterocycles. The van der Waals surface area contributed by atoms with E-state index in [0.29, 0.717) is 5.57 Å². The number of β-lactam (4-membered cyclic amide) rings is 1. The highest BCUT2D eigenvalue weighted by atomic mass is 32.2. The molecule has 0 saturated carbocycles. The number of carboxylic acid groups (broad SMARTS) is 1. The number of oxime groups is 1. The fourth-order valence-corrected chi connectivity index (χ4v) is 5.93. The van der Waals surface area contributed by atoms with Crippen LogP contribution in [0, 0.1) is 0 Å². The molecule has 0 aromatic carbocycles. The van der Waals surface area contributed by atoms with Crippen LogP contribution < -0.4 is 20.7 Å². The predicted molar refractivity (Wildman–Crippen MR) is 128 cm³/mol. The Morgan fingerprint density at radius 2 is 2.33 bits per heavy atom. The summed E-state index contributed by atoms with van der Waals surface area (Å²) in [5.41, 5.74) is 5.20. The fourth-order valence-electron chi connectivity index (χ4n) is 3.40. The van der Waals surface area contributed by atoms with E-state index in [1.807, 2.05) is 36.1 Å². The molecule has 2 amide bonds. The topological polar surface area (TPSA) is 167 Å². The lowest BCUT2D eigenvalue weighted by molar-refractivity contribution is -0.673. The number of nitrogens with two attached hydrogens (primary N) is 1. The second-order valence-electron chi connectivity index (χ2n) is 7.28. The Balaban J connectivity index is 1.49. The maximum absolute atomic E-state index is 12.9. The first-order valence-electron chi connectivity index (χ1n) is 10.1. The van der Waals surface area contributed by atoms with Crippen LogP contribution in [0.2, 0.25) is 0 Å². The highest BCUT2D eigenvalue weighted by Crippen LogP contribution is 2.40. The molecule has 0 unspecified atom stereocenters. The van der Waals surface area contributed by atoms with Gasteiger partial charge in [0.25, 0.3) is 18.7 Å². The van der Waals surface area contributed by atoms with E-state index in [4.69, 9.17) is 5.73 Å². The fraction of sp³-hybridized carbons (Fsp3) is 0.250. The Kier molecular flexibility index (Phi) is 7.85. The van der Waals surface area contributed by atoms with E-state index in [-0.39, 0.29) is 22.4 Å². The molecule has 2 atom stereocenters. The summed E-state index contributed by atoms with van der Waals surface area (Å²) in [7, 11) is 1.89. The van der Waals surface area contributed by atoms with Gasteiger partial charge in [-0.15, -0.1) is 11.8 Å². The van der Waals surface area contributed by atoms with Crippen LogP contribution in [0.15, 0.2) is 57.3 Å². The molecule has 36 heavy (non-hydrogen) atoms. The number of aryl methyl sites for hydroxylation is 1. The van der Waals surface area contributed by atoms with E-state index in [1.54, 1.807) is 11.5 Å². The average Bonchev–Trinajstić information content (AvgIpc) is 3.28. The van der Waals surface area contributed by atoms with E-state index in [0.717, 1.165) is 21.3 Å². The summed E-state index contributed by atoms with van der Waals surface area (Å²) in [6.45, 7) is -1.30. The van der Waals surface area contributed by atoms with E-state index in [1.165, 1.54) is 23.5 Å². The Hall–Kier alpha value is -3.50. The van der Waals surface area contributed by atoms with Gasteiger partial charge in [0.2, 0.25) is 11.5 Å². The van der Waals surface area contributed by atoms with Crippen molar-refractivity contribution in [1.29, 1.82) is 0 Å². The number of hydrogen-bond donors (Lipinski definition) is 2. The maximum Gasteiger partial charge on any atom is 0.278 e. The van der Waals surface area contributed by atoms with Gasteiger partial charge in [-0.1, -0.05) is 16.9 Å². The Morgan fingerprint density at radius 3 is 3.00 bits per heavy atom. The molecule has 2 aromatic rings. The normalized spacial score (nSPS) is 19.8. The van der Waals surface area contributed by atoms with Gasteiger partial charge in [0.05, 0.1) is 16.6 Å². The van der Waals surface area contributed by atoms with Crippen molar-refractivity contribution in [2.45, 2.75) is 16.3 Å². The number of hydrogen-bond acceptors (Lipinski definition) is 12. The largest absolute Gasteiger partial charge is 0.543 e. The number of fused-ring (bicyclic) bond motifs is 1. The summed E-state index contributed by atoms with van der Waals surface area (Å²) in [5.74, 6) is -2.99. The number of carboxylic acids is 1. The molecule has 0 spiro atoms. The van der Waals surface area contributed by atoms with Crippen LogP contribution in [0.4, 0.5) is 9.52 Å². The van der Waals surface area contributed by atoms with E-state index >= 15 is 0 Å². The number of anilines is 1. The first kappa shape index (κ1) is 25.6. The number of halogens is 1. The van der Waals surface area contributed by atoms with Crippen molar-refractivity contribution in [1.82, 2.24) is 19.6 Å². The predicted octanol–water partition coefficient (Wildman–Crippen LogP) is -0.698. The summed E-state index contributed by atoms with van der Waals surface area (Å²) in [6.07, 6.45) is 5.42. The third kappa shape index (κ3) is 5.34. The van der Waals surface area contributed by atoms with Crippen molar-refractivity contribution in [3.63, 3.8) is 0 Å². The second kappa shape index (κ2) is 11.0. The van der Waals surface area contributed by atoms with Gasteiger partial charge in [-0.2, -0.15) is 9.36 Å². The standard InChI is InChI=1S/C20H18FN7O5S3/c1-27-5-2-3-11(7-27)34-6-4-10-8-35-18-13(17(30)28(18)14(10)19(31)32)23-16(29)12(25-33-9-21)15-24-20(22)36-26-15/h2-7,13,18H,8-9H2,1H3,(H3-,22,23,24,26,29,31,32)/b6-4+,25-12-/t13-,18-/m1/s1. The van der Waals surface area contributed by atoms with Crippen molar-refractivity contribution >= 4 is 63.7 Å². The summed E-state index contributed by atoms with van der Waals surface area (Å²) in [6, 6.07) is 2.73. The molecule has 1 saturated heterocycles. The van der Waals surface area contributed by atoms with Crippen LogP contribution in [0.3, 0.4) is 0 Å². The molecule has 4 rings (SSSR count). The highest BCUT2D eigenvalue weighted by molar-refractivity contribution is 8.02. The number of thioether (sulfide) groups is 2. The molecule has 188 valence electrons. The number of amides is 2. The SMILES string of the molecule is C[n+]1cccc(S/C=C/C2=C(C(=O)[O-])N3C(=O)[C@@H](NC(=O)/C(=N\OCF)c4nsc(N)n4)[C@H]3SC2)c1. The zero-order chi connectivity index (χ0) is 25.8. The average molecular weight is 552 g/mol. The lowest BCUT2D eigenvalue weighted by Crippen LogP contribution is -2.71. The van der Waals surface area contributed by atoms with E-state index in [9.17, 15) is 23.9 Å². The summed E-state index contributed by atoms with van der Waals surface area (Å²) in [4.78, 5) is 47.7. The zero-order valence-electron chi connectivity index (χ0n) is 18.5. The maximum atomic E-state index is 12.9. The first-order valence-corrected chi connectivity index (χ1v) is 12.8. The van der Waals surface area contributed by atoms with Crippen molar-refractivity contribution in [2.24, 2.45) is 12.2 Å². The number of nitrogen functional groups attached to an aromatic ring is 1. The number of allylic oxidation sites excluding steroid dienone is 1. The molecule has 16 heteroatoms. The minimum Gasteiger partial charge on any atom is -0.543 e. The van der Waals surface area contributed by atoms with Crippen molar-refractivity contribution in [3.05, 3.63) is 53.1 Å². The Bertz CT molecular complexity index is 1300. The van der Waals surface area contributed by atoms with Crippen molar-refractivity contribution in [2.75, 3.05) is 18.3 Å². The van der Waals surface area contributed by atoms with Gasteiger partial charge in [0.15, 0.2) is 17.5 Å². The molecule has 2 aliphatic rings. The molecule has 2 aliphatic heterocycles. The number of rotatable bonds is 9. The third-order valence-electron chi connectivity index (χ3n) is 4.94. The molecule has 1 fully saturated rings. The zero-order valence-corrected chi connectivity index (χ0v) is 20.9. The number of nitrogens with zero attached hydrogens (tertiary/aromatic N) is 5. The molecular formula is C20H18FN7O5S3. The quantitative estimate of drug-likeness (QED) is 0.134. The molecule has 3 N–H and O–H groups in total. The smallest absolute Gasteiger partial charge is 0.278 e. The molecule has 2 aromatic heterocycles. The van der Waals surface area contributed by atoms with Gasteiger partial charge in [-0.05, 0) is 23.1 Å². The molecule has 0 aliphatic carbocycles. The van der Waals surface area contributed by atoms with Gasteiger partial charge >= 0.3 is 0 Å². The first-order chi connectivity index (χ1) is 17.3. The number of carbonyl (C=O) groups is 3. The Morgan fingerprint density at radius 1 is 1.53 bits per heavy atom. The second-order valence-corrected chi connectivity index (χ2v) is 10.1. The number of aromatic nitrogens is 3. The summed E-state index contributed by atoms with van der Waals surface area (Å²) >= 11 is 3.45. The number of aliphatic carboxylic acids is 1. The monoisotopic (exact) mass is 551 g/mol. The lowest BCUT2D eigenvalue weighted by atomic mass is 10.0. The number of alkyl halides is 1. The van der Waals surface area contributed by atoms with Gasteiger partial charge in [0, 0.05) is 23.4 Å². The van der Waals surface area contributed by atoms with Gasteiger partial charge in [-0.25, -0.2) is 8.96 Å². The molecular weight excluding hydrogens is 533 g/mol. The van der Waals surface area contributed by atoms with Crippen LogP contribution in [-0.2, 0) is 26.3 Å². The van der Waals surface area contributed by atoms with Crippen molar-refractivity contribution < 1.29 is 33.3 Å². The van der Waals surface area contributed by atoms with Gasteiger partial charge < -0.3 is 25.8 Å². The summed E-state index contributed by atoms with van der Waals surface area (Å²) < 4.78 is 18.2. The minimum atomic E-state index is -1.50. The van der Waals surface area contributed by atoms with Gasteiger partial charge in [0.1, 0.15) is 18.5 Å². The van der Waals surface area contributed by atoms with Crippen molar-refractivity contribution in [3.8, 4) is 0 Å². The lowest BCUT2D eigenvalue weighted by Gasteiger charge is -2.50. The third-order valence-corrected chi connectivity index (χ3v) is 7.57.